The maximum Gasteiger partial charge on any atom is 0.225 e. The highest BCUT2D eigenvalue weighted by molar-refractivity contribution is 5.91. The van der Waals surface area contributed by atoms with Crippen LogP contribution in [0.15, 0.2) is 0 Å². The van der Waals surface area contributed by atoms with Gasteiger partial charge in [0.2, 0.25) is 5.91 Å². The van der Waals surface area contributed by atoms with E-state index in [0.29, 0.717) is 5.82 Å². The number of fused-ring (bicyclic) bond motifs is 1. The third-order valence-corrected chi connectivity index (χ3v) is 2.53. The summed E-state index contributed by atoms with van der Waals surface area (Å²) in [5.41, 5.74) is 1.71. The van der Waals surface area contributed by atoms with Crippen molar-refractivity contribution in [2.45, 2.75) is 26.4 Å². The molecule has 0 saturated heterocycles. The molecule has 0 unspecified atom stereocenters. The minimum Gasteiger partial charge on any atom is -0.390 e. The van der Waals surface area contributed by atoms with Crippen LogP contribution >= 0.6 is 0 Å². The molecule has 1 aromatic heterocycles. The van der Waals surface area contributed by atoms with Crippen LogP contribution in [-0.2, 0) is 17.8 Å². The van der Waals surface area contributed by atoms with Crippen molar-refractivity contribution in [1.29, 1.82) is 0 Å². The number of anilines is 1. The molecule has 2 rings (SSSR count). The Bertz CT molecular complexity index is 359. The lowest BCUT2D eigenvalue weighted by Gasteiger charge is -2.24. The molecule has 1 aliphatic rings. The van der Waals surface area contributed by atoms with E-state index >= 15 is 0 Å². The highest BCUT2D eigenvalue weighted by atomic mass is 16.3. The van der Waals surface area contributed by atoms with E-state index in [2.05, 4.69) is 10.2 Å². The number of rotatable bonds is 1. The van der Waals surface area contributed by atoms with Crippen LogP contribution in [0.5, 0.6) is 0 Å². The number of aliphatic hydroxyl groups excluding tert-OH is 1. The van der Waals surface area contributed by atoms with E-state index in [9.17, 15) is 4.79 Å². The summed E-state index contributed by atoms with van der Waals surface area (Å²) in [6, 6.07) is 0. The average Bonchev–Trinajstić information content (AvgIpc) is 2.59. The van der Waals surface area contributed by atoms with Crippen molar-refractivity contribution in [3.63, 3.8) is 0 Å². The second kappa shape index (κ2) is 3.42. The SMILES string of the molecule is CC(=O)N1CCCc2c1n[nH]c2CO. The molecule has 2 heterocycles. The standard InChI is InChI=1S/C9H13N3O2/c1-6(14)12-4-2-3-7-8(5-13)10-11-9(7)12/h13H,2-5H2,1H3,(H,10,11). The number of nitrogens with one attached hydrogen (secondary N) is 1. The summed E-state index contributed by atoms with van der Waals surface area (Å²) in [6.45, 7) is 2.20. The molecule has 0 radical (unpaired) electrons. The van der Waals surface area contributed by atoms with Crippen LogP contribution in [0.2, 0.25) is 0 Å². The summed E-state index contributed by atoms with van der Waals surface area (Å²) in [7, 11) is 0. The van der Waals surface area contributed by atoms with E-state index in [0.717, 1.165) is 30.6 Å². The maximum atomic E-state index is 11.3. The predicted octanol–water partition coefficient (Wildman–Crippen LogP) is 0.201. The Kier molecular flexibility index (Phi) is 2.25. The summed E-state index contributed by atoms with van der Waals surface area (Å²) >= 11 is 0. The summed E-state index contributed by atoms with van der Waals surface area (Å²) in [6.07, 6.45) is 1.81. The molecule has 1 aliphatic heterocycles. The molecule has 5 heteroatoms. The van der Waals surface area contributed by atoms with Crippen molar-refractivity contribution in [2.75, 3.05) is 11.4 Å². The van der Waals surface area contributed by atoms with Crippen LogP contribution in [0.1, 0.15) is 24.6 Å². The van der Waals surface area contributed by atoms with Crippen LogP contribution in [0.4, 0.5) is 5.82 Å². The Hall–Kier alpha value is -1.36. The average molecular weight is 195 g/mol. The van der Waals surface area contributed by atoms with Gasteiger partial charge < -0.3 is 5.11 Å². The van der Waals surface area contributed by atoms with Crippen molar-refractivity contribution >= 4 is 11.7 Å². The lowest BCUT2D eigenvalue weighted by molar-refractivity contribution is -0.116. The van der Waals surface area contributed by atoms with Gasteiger partial charge in [-0.3, -0.25) is 14.8 Å². The van der Waals surface area contributed by atoms with E-state index in [-0.39, 0.29) is 12.5 Å². The Balaban J connectivity index is 2.40. The van der Waals surface area contributed by atoms with E-state index in [1.165, 1.54) is 6.92 Å². The van der Waals surface area contributed by atoms with Crippen LogP contribution in [-0.4, -0.2) is 27.8 Å². The minimum absolute atomic E-state index is 0.00180. The highest BCUT2D eigenvalue weighted by Crippen LogP contribution is 2.27. The molecule has 1 amide bonds. The first-order chi connectivity index (χ1) is 6.74. The quantitative estimate of drug-likeness (QED) is 0.672. The number of amides is 1. The number of aromatic nitrogens is 2. The van der Waals surface area contributed by atoms with Gasteiger partial charge in [-0.1, -0.05) is 0 Å². The third kappa shape index (κ3) is 1.29. The summed E-state index contributed by atoms with van der Waals surface area (Å²) in [5.74, 6) is 0.690. The third-order valence-electron chi connectivity index (χ3n) is 2.53. The van der Waals surface area contributed by atoms with Crippen molar-refractivity contribution in [3.8, 4) is 0 Å². The number of aromatic amines is 1. The lowest BCUT2D eigenvalue weighted by Crippen LogP contribution is -2.33. The molecular formula is C9H13N3O2. The van der Waals surface area contributed by atoms with Crippen molar-refractivity contribution in [3.05, 3.63) is 11.3 Å². The minimum atomic E-state index is -0.0475. The van der Waals surface area contributed by atoms with Gasteiger partial charge in [0, 0.05) is 19.0 Å². The van der Waals surface area contributed by atoms with Crippen LogP contribution < -0.4 is 4.90 Å². The molecule has 0 fully saturated rings. The summed E-state index contributed by atoms with van der Waals surface area (Å²) in [5, 5.41) is 15.8. The molecular weight excluding hydrogens is 182 g/mol. The largest absolute Gasteiger partial charge is 0.390 e. The van der Waals surface area contributed by atoms with Crippen molar-refractivity contribution < 1.29 is 9.90 Å². The zero-order valence-electron chi connectivity index (χ0n) is 8.08. The van der Waals surface area contributed by atoms with E-state index in [1.807, 2.05) is 0 Å². The van der Waals surface area contributed by atoms with E-state index in [1.54, 1.807) is 4.90 Å². The van der Waals surface area contributed by atoms with Gasteiger partial charge in [-0.15, -0.1) is 0 Å². The number of hydrogen-bond donors (Lipinski definition) is 2. The zero-order chi connectivity index (χ0) is 10.1. The number of aliphatic hydroxyl groups is 1. The number of carbonyl (C=O) groups excluding carboxylic acids is 1. The first kappa shape index (κ1) is 9.21. The fourth-order valence-corrected chi connectivity index (χ4v) is 1.83. The smallest absolute Gasteiger partial charge is 0.225 e. The molecule has 2 N–H and O–H groups in total. The predicted molar refractivity (Wildman–Crippen MR) is 50.9 cm³/mol. The second-order valence-electron chi connectivity index (χ2n) is 3.44. The number of nitrogens with zero attached hydrogens (tertiary/aromatic N) is 2. The Labute approximate surface area is 81.7 Å². The number of H-pyrrole nitrogens is 1. The Morgan fingerprint density at radius 3 is 3.14 bits per heavy atom. The number of carbonyl (C=O) groups is 1. The summed E-state index contributed by atoms with van der Waals surface area (Å²) in [4.78, 5) is 12.9. The molecule has 5 nitrogen and oxygen atoms in total. The van der Waals surface area contributed by atoms with Gasteiger partial charge >= 0.3 is 0 Å². The molecule has 0 aromatic carbocycles. The molecule has 76 valence electrons. The molecule has 0 spiro atoms. The van der Waals surface area contributed by atoms with Gasteiger partial charge in [0.05, 0.1) is 12.3 Å². The zero-order valence-corrected chi connectivity index (χ0v) is 8.08. The monoisotopic (exact) mass is 195 g/mol. The van der Waals surface area contributed by atoms with E-state index < -0.39 is 0 Å². The molecule has 0 saturated carbocycles. The van der Waals surface area contributed by atoms with Crippen LogP contribution in [0, 0.1) is 0 Å². The summed E-state index contributed by atoms with van der Waals surface area (Å²) < 4.78 is 0. The van der Waals surface area contributed by atoms with Gasteiger partial charge in [-0.2, -0.15) is 5.10 Å². The first-order valence-corrected chi connectivity index (χ1v) is 4.69. The molecule has 0 bridgehead atoms. The second-order valence-corrected chi connectivity index (χ2v) is 3.44. The van der Waals surface area contributed by atoms with Gasteiger partial charge in [-0.05, 0) is 12.8 Å². The van der Waals surface area contributed by atoms with Crippen molar-refractivity contribution in [1.82, 2.24) is 10.2 Å². The number of hydrogen-bond acceptors (Lipinski definition) is 3. The van der Waals surface area contributed by atoms with Gasteiger partial charge in [-0.25, -0.2) is 0 Å². The normalized spacial score (nSPS) is 15.4. The first-order valence-electron chi connectivity index (χ1n) is 4.69. The van der Waals surface area contributed by atoms with Gasteiger partial charge in [0.1, 0.15) is 0 Å². The molecule has 14 heavy (non-hydrogen) atoms. The fourth-order valence-electron chi connectivity index (χ4n) is 1.83. The van der Waals surface area contributed by atoms with Crippen molar-refractivity contribution in [2.24, 2.45) is 0 Å². The maximum absolute atomic E-state index is 11.3. The fraction of sp³-hybridized carbons (Fsp3) is 0.556. The highest BCUT2D eigenvalue weighted by Gasteiger charge is 2.24. The van der Waals surface area contributed by atoms with Gasteiger partial charge in [0.25, 0.3) is 0 Å². The molecule has 1 aromatic rings. The Morgan fingerprint density at radius 1 is 1.71 bits per heavy atom. The van der Waals surface area contributed by atoms with Crippen LogP contribution in [0.25, 0.3) is 0 Å². The Morgan fingerprint density at radius 2 is 2.50 bits per heavy atom. The molecule has 0 aliphatic carbocycles. The van der Waals surface area contributed by atoms with E-state index in [4.69, 9.17) is 5.11 Å². The lowest BCUT2D eigenvalue weighted by atomic mass is 10.1. The molecule has 0 atom stereocenters. The van der Waals surface area contributed by atoms with Crippen LogP contribution in [0.3, 0.4) is 0 Å². The van der Waals surface area contributed by atoms with Gasteiger partial charge in [0.15, 0.2) is 5.82 Å². The topological polar surface area (TPSA) is 69.2 Å².